The lowest BCUT2D eigenvalue weighted by Gasteiger charge is -2.27. The molecular formula is C8H13BrO3. The van der Waals surface area contributed by atoms with Crippen LogP contribution in [0.1, 0.15) is 6.92 Å². The summed E-state index contributed by atoms with van der Waals surface area (Å²) >= 11 is 3.37. The van der Waals surface area contributed by atoms with Gasteiger partial charge in [0.2, 0.25) is 0 Å². The fourth-order valence-corrected chi connectivity index (χ4v) is 1.48. The van der Waals surface area contributed by atoms with Gasteiger partial charge in [-0.3, -0.25) is 0 Å². The molecule has 0 saturated heterocycles. The van der Waals surface area contributed by atoms with Crippen molar-refractivity contribution in [2.45, 2.75) is 24.1 Å². The topological polar surface area (TPSA) is 38.7 Å². The Balaban J connectivity index is 2.46. The molecule has 12 heavy (non-hydrogen) atoms. The number of rotatable bonds is 3. The van der Waals surface area contributed by atoms with Crippen molar-refractivity contribution in [3.05, 3.63) is 12.2 Å². The zero-order valence-corrected chi connectivity index (χ0v) is 8.53. The van der Waals surface area contributed by atoms with Gasteiger partial charge < -0.3 is 14.6 Å². The molecule has 0 aliphatic carbocycles. The molecule has 0 aromatic rings. The van der Waals surface area contributed by atoms with Crippen LogP contribution in [-0.4, -0.2) is 35.5 Å². The third kappa shape index (κ3) is 2.55. The van der Waals surface area contributed by atoms with Gasteiger partial charge in [0, 0.05) is 6.61 Å². The fourth-order valence-electron chi connectivity index (χ4n) is 1.02. The molecule has 0 bridgehead atoms. The molecule has 0 amide bonds. The molecule has 1 heterocycles. The van der Waals surface area contributed by atoms with Crippen LogP contribution < -0.4 is 0 Å². The molecule has 1 rings (SSSR count). The summed E-state index contributed by atoms with van der Waals surface area (Å²) in [5.74, 6) is 0. The third-order valence-electron chi connectivity index (χ3n) is 1.63. The number of alkyl halides is 1. The quantitative estimate of drug-likeness (QED) is 0.589. The average molecular weight is 237 g/mol. The van der Waals surface area contributed by atoms with Crippen molar-refractivity contribution in [3.63, 3.8) is 0 Å². The first-order valence-corrected chi connectivity index (χ1v) is 4.89. The zero-order chi connectivity index (χ0) is 8.97. The Morgan fingerprint density at radius 1 is 1.58 bits per heavy atom. The first kappa shape index (κ1) is 10.2. The van der Waals surface area contributed by atoms with E-state index < -0.39 is 0 Å². The lowest BCUT2D eigenvalue weighted by Crippen LogP contribution is -2.35. The monoisotopic (exact) mass is 236 g/mol. The van der Waals surface area contributed by atoms with Crippen LogP contribution in [0.15, 0.2) is 12.2 Å². The fraction of sp³-hybridized carbons (Fsp3) is 0.750. The third-order valence-corrected chi connectivity index (χ3v) is 2.52. The molecule has 3 atom stereocenters. The first-order chi connectivity index (χ1) is 5.77. The number of aliphatic hydroxyl groups excluding tert-OH is 1. The van der Waals surface area contributed by atoms with E-state index in [0.717, 1.165) is 0 Å². The van der Waals surface area contributed by atoms with E-state index >= 15 is 0 Å². The maximum atomic E-state index is 8.90. The van der Waals surface area contributed by atoms with E-state index in [9.17, 15) is 0 Å². The van der Waals surface area contributed by atoms with E-state index in [4.69, 9.17) is 14.6 Å². The van der Waals surface area contributed by atoms with Crippen LogP contribution >= 0.6 is 15.9 Å². The molecule has 0 saturated carbocycles. The first-order valence-electron chi connectivity index (χ1n) is 3.98. The van der Waals surface area contributed by atoms with Gasteiger partial charge in [0.1, 0.15) is 0 Å². The molecule has 1 aliphatic rings. The van der Waals surface area contributed by atoms with Gasteiger partial charge >= 0.3 is 0 Å². The minimum Gasteiger partial charge on any atom is -0.394 e. The van der Waals surface area contributed by atoms with E-state index in [2.05, 4.69) is 15.9 Å². The predicted octanol–water partition coefficient (Wildman–Crippen LogP) is 1.06. The number of ether oxygens (including phenoxy) is 2. The van der Waals surface area contributed by atoms with Gasteiger partial charge in [-0.2, -0.15) is 0 Å². The largest absolute Gasteiger partial charge is 0.394 e. The average Bonchev–Trinajstić information content (AvgIpc) is 2.09. The molecule has 0 fully saturated rings. The summed E-state index contributed by atoms with van der Waals surface area (Å²) in [5, 5.41) is 8.90. The minimum atomic E-state index is -0.305. The van der Waals surface area contributed by atoms with Gasteiger partial charge in [-0.05, 0) is 13.0 Å². The Morgan fingerprint density at radius 3 is 2.92 bits per heavy atom. The van der Waals surface area contributed by atoms with E-state index in [-0.39, 0.29) is 23.8 Å². The normalized spacial score (nSPS) is 35.4. The molecular weight excluding hydrogens is 224 g/mol. The SMILES string of the molecule is CCO[C@@H]1C=C[C@@H](Br)[C@@H](CO)O1. The standard InChI is InChI=1S/C8H13BrO3/c1-2-11-8-4-3-6(9)7(5-10)12-8/h3-4,6-8,10H,2,5H2,1H3/t6-,7-,8+/m1/s1. The Kier molecular flexibility index (Phi) is 4.21. The van der Waals surface area contributed by atoms with Crippen molar-refractivity contribution in [2.75, 3.05) is 13.2 Å². The van der Waals surface area contributed by atoms with Crippen molar-refractivity contribution in [1.82, 2.24) is 0 Å². The Hall–Kier alpha value is 0.1000. The Labute approximate surface area is 80.5 Å². The van der Waals surface area contributed by atoms with Crippen LogP contribution in [0.5, 0.6) is 0 Å². The molecule has 0 radical (unpaired) electrons. The molecule has 0 unspecified atom stereocenters. The molecule has 0 spiro atoms. The second-order valence-electron chi connectivity index (χ2n) is 2.51. The van der Waals surface area contributed by atoms with Gasteiger partial charge in [-0.15, -0.1) is 0 Å². The molecule has 1 aliphatic heterocycles. The van der Waals surface area contributed by atoms with Gasteiger partial charge in [-0.1, -0.05) is 22.0 Å². The summed E-state index contributed by atoms with van der Waals surface area (Å²) in [6.07, 6.45) is 3.27. The van der Waals surface area contributed by atoms with E-state index in [1.165, 1.54) is 0 Å². The summed E-state index contributed by atoms with van der Waals surface area (Å²) < 4.78 is 10.6. The van der Waals surface area contributed by atoms with E-state index in [0.29, 0.717) is 6.61 Å². The van der Waals surface area contributed by atoms with Gasteiger partial charge in [-0.25, -0.2) is 0 Å². The van der Waals surface area contributed by atoms with Crippen molar-refractivity contribution in [1.29, 1.82) is 0 Å². The van der Waals surface area contributed by atoms with E-state index in [1.807, 2.05) is 19.1 Å². The highest BCUT2D eigenvalue weighted by Crippen LogP contribution is 2.19. The lowest BCUT2D eigenvalue weighted by molar-refractivity contribution is -0.151. The van der Waals surface area contributed by atoms with Crippen molar-refractivity contribution in [2.24, 2.45) is 0 Å². The highest BCUT2D eigenvalue weighted by molar-refractivity contribution is 9.09. The molecule has 1 N–H and O–H groups in total. The van der Waals surface area contributed by atoms with Crippen molar-refractivity contribution < 1.29 is 14.6 Å². The van der Waals surface area contributed by atoms with Crippen molar-refractivity contribution >= 4 is 15.9 Å². The maximum absolute atomic E-state index is 8.90. The summed E-state index contributed by atoms with van der Waals surface area (Å²) in [6, 6.07) is 0. The van der Waals surface area contributed by atoms with E-state index in [1.54, 1.807) is 0 Å². The Bertz CT molecular complexity index is 160. The van der Waals surface area contributed by atoms with Crippen LogP contribution in [0.2, 0.25) is 0 Å². The molecule has 0 aromatic heterocycles. The number of hydrogen-bond acceptors (Lipinski definition) is 3. The molecule has 70 valence electrons. The zero-order valence-electron chi connectivity index (χ0n) is 6.94. The van der Waals surface area contributed by atoms with Gasteiger partial charge in [0.05, 0.1) is 17.5 Å². The van der Waals surface area contributed by atoms with Crippen LogP contribution in [-0.2, 0) is 9.47 Å². The lowest BCUT2D eigenvalue weighted by atomic mass is 10.2. The van der Waals surface area contributed by atoms with Gasteiger partial charge in [0.15, 0.2) is 6.29 Å². The van der Waals surface area contributed by atoms with Gasteiger partial charge in [0.25, 0.3) is 0 Å². The van der Waals surface area contributed by atoms with Crippen LogP contribution in [0.25, 0.3) is 0 Å². The summed E-state index contributed by atoms with van der Waals surface area (Å²) in [7, 11) is 0. The second-order valence-corrected chi connectivity index (χ2v) is 3.57. The van der Waals surface area contributed by atoms with Crippen LogP contribution in [0, 0.1) is 0 Å². The number of hydrogen-bond donors (Lipinski definition) is 1. The smallest absolute Gasteiger partial charge is 0.177 e. The summed E-state index contributed by atoms with van der Waals surface area (Å²) in [4.78, 5) is 0.0826. The molecule has 0 aromatic carbocycles. The highest BCUT2D eigenvalue weighted by Gasteiger charge is 2.24. The predicted molar refractivity (Wildman–Crippen MR) is 49.2 cm³/mol. The van der Waals surface area contributed by atoms with Crippen LogP contribution in [0.4, 0.5) is 0 Å². The highest BCUT2D eigenvalue weighted by atomic mass is 79.9. The van der Waals surface area contributed by atoms with Crippen molar-refractivity contribution in [3.8, 4) is 0 Å². The molecule has 4 heteroatoms. The summed E-state index contributed by atoms with van der Waals surface area (Å²) in [5.41, 5.74) is 0. The maximum Gasteiger partial charge on any atom is 0.177 e. The number of halogens is 1. The minimum absolute atomic E-state index is 0.00380. The second kappa shape index (κ2) is 4.97. The summed E-state index contributed by atoms with van der Waals surface area (Å²) in [6.45, 7) is 2.52. The Morgan fingerprint density at radius 2 is 2.33 bits per heavy atom. The van der Waals surface area contributed by atoms with Crippen LogP contribution in [0.3, 0.4) is 0 Å². The molecule has 3 nitrogen and oxygen atoms in total. The number of aliphatic hydroxyl groups is 1.